The fraction of sp³-hybridized carbons (Fsp3) is 0.647. The summed E-state index contributed by atoms with van der Waals surface area (Å²) in [5.41, 5.74) is 1.19. The van der Waals surface area contributed by atoms with Gasteiger partial charge in [-0.2, -0.15) is 0 Å². The summed E-state index contributed by atoms with van der Waals surface area (Å²) in [5.74, 6) is 2.39. The van der Waals surface area contributed by atoms with E-state index in [1.54, 1.807) is 0 Å². The fourth-order valence-corrected chi connectivity index (χ4v) is 2.74. The average Bonchev–Trinajstić information content (AvgIpc) is 2.37. The molecule has 1 fully saturated rings. The van der Waals surface area contributed by atoms with Crippen molar-refractivity contribution in [2.24, 2.45) is 11.8 Å². The van der Waals surface area contributed by atoms with Gasteiger partial charge in [-0.3, -0.25) is 0 Å². The van der Waals surface area contributed by atoms with E-state index >= 15 is 0 Å². The molecule has 2 nitrogen and oxygen atoms in total. The third kappa shape index (κ3) is 4.77. The van der Waals surface area contributed by atoms with E-state index in [0.717, 1.165) is 18.3 Å². The van der Waals surface area contributed by atoms with Gasteiger partial charge in [-0.15, -0.1) is 0 Å². The highest BCUT2D eigenvalue weighted by atomic mass is 16.5. The molecule has 0 radical (unpaired) electrons. The van der Waals surface area contributed by atoms with E-state index < -0.39 is 0 Å². The van der Waals surface area contributed by atoms with Crippen LogP contribution in [0.1, 0.15) is 46.5 Å². The molecule has 1 aromatic rings. The zero-order chi connectivity index (χ0) is 13.7. The molecule has 0 aliphatic heterocycles. The Kier molecular flexibility index (Phi) is 5.12. The van der Waals surface area contributed by atoms with Crippen LogP contribution in [0.5, 0.6) is 5.75 Å². The first-order valence-electron chi connectivity index (χ1n) is 7.63. The van der Waals surface area contributed by atoms with Crippen molar-refractivity contribution < 1.29 is 4.74 Å². The van der Waals surface area contributed by atoms with Crippen molar-refractivity contribution in [3.63, 3.8) is 0 Å². The lowest BCUT2D eigenvalue weighted by molar-refractivity contribution is 0.271. The molecule has 0 spiro atoms. The highest BCUT2D eigenvalue weighted by Gasteiger charge is 2.18. The molecular formula is C17H27NO. The van der Waals surface area contributed by atoms with Crippen LogP contribution in [0.2, 0.25) is 0 Å². The fourth-order valence-electron chi connectivity index (χ4n) is 2.74. The van der Waals surface area contributed by atoms with E-state index in [1.807, 2.05) is 6.07 Å². The summed E-state index contributed by atoms with van der Waals surface area (Å²) < 4.78 is 5.78. The van der Waals surface area contributed by atoms with Gasteiger partial charge in [-0.25, -0.2) is 0 Å². The molecule has 1 aliphatic rings. The second-order valence-corrected chi connectivity index (χ2v) is 6.35. The highest BCUT2D eigenvalue weighted by Crippen LogP contribution is 2.27. The predicted molar refractivity (Wildman–Crippen MR) is 81.8 cm³/mol. The first kappa shape index (κ1) is 14.2. The van der Waals surface area contributed by atoms with Gasteiger partial charge in [0.2, 0.25) is 0 Å². The molecule has 2 rings (SSSR count). The van der Waals surface area contributed by atoms with Crippen molar-refractivity contribution in [1.82, 2.24) is 0 Å². The molecule has 2 heteroatoms. The third-order valence-electron chi connectivity index (χ3n) is 3.72. The monoisotopic (exact) mass is 261 g/mol. The van der Waals surface area contributed by atoms with E-state index in [9.17, 15) is 0 Å². The number of hydrogen-bond acceptors (Lipinski definition) is 2. The van der Waals surface area contributed by atoms with Crippen LogP contribution in [0.3, 0.4) is 0 Å². The van der Waals surface area contributed by atoms with Crippen LogP contribution in [-0.2, 0) is 0 Å². The van der Waals surface area contributed by atoms with Crippen LogP contribution in [0.4, 0.5) is 5.69 Å². The number of rotatable bonds is 5. The number of ether oxygens (including phenoxy) is 1. The molecule has 0 aromatic heterocycles. The molecule has 0 heterocycles. The van der Waals surface area contributed by atoms with Gasteiger partial charge in [-0.1, -0.05) is 39.7 Å². The van der Waals surface area contributed by atoms with Crippen LogP contribution in [-0.4, -0.2) is 12.6 Å². The summed E-state index contributed by atoms with van der Waals surface area (Å²) >= 11 is 0. The molecule has 2 atom stereocenters. The van der Waals surface area contributed by atoms with Gasteiger partial charge in [0.1, 0.15) is 5.75 Å². The molecule has 1 aromatic carbocycles. The minimum atomic E-state index is 0.566. The molecule has 1 N–H and O–H groups in total. The first-order valence-corrected chi connectivity index (χ1v) is 7.63. The van der Waals surface area contributed by atoms with Crippen molar-refractivity contribution in [2.45, 2.75) is 52.5 Å². The van der Waals surface area contributed by atoms with Crippen molar-refractivity contribution >= 4 is 5.69 Å². The lowest BCUT2D eigenvalue weighted by atomic mass is 9.87. The van der Waals surface area contributed by atoms with Gasteiger partial charge >= 0.3 is 0 Å². The van der Waals surface area contributed by atoms with Crippen molar-refractivity contribution in [3.05, 3.63) is 24.3 Å². The normalized spacial score (nSPS) is 23.4. The number of hydrogen-bond donors (Lipinski definition) is 1. The van der Waals surface area contributed by atoms with E-state index in [2.05, 4.69) is 44.3 Å². The zero-order valence-corrected chi connectivity index (χ0v) is 12.5. The molecule has 1 aliphatic carbocycles. The van der Waals surface area contributed by atoms with Gasteiger partial charge in [0.05, 0.1) is 6.61 Å². The number of anilines is 1. The number of nitrogens with one attached hydrogen (secondary N) is 1. The van der Waals surface area contributed by atoms with Crippen LogP contribution < -0.4 is 10.1 Å². The summed E-state index contributed by atoms with van der Waals surface area (Å²) in [6.07, 6.45) is 5.32. The Morgan fingerprint density at radius 2 is 2.16 bits per heavy atom. The quantitative estimate of drug-likeness (QED) is 0.828. The Morgan fingerprint density at radius 3 is 2.89 bits per heavy atom. The molecule has 0 amide bonds. The Bertz CT molecular complexity index is 389. The Hall–Kier alpha value is -1.18. The first-order chi connectivity index (χ1) is 9.13. The smallest absolute Gasteiger partial charge is 0.121 e. The topological polar surface area (TPSA) is 21.3 Å². The lowest BCUT2D eigenvalue weighted by Gasteiger charge is -2.28. The molecule has 106 valence electrons. The molecular weight excluding hydrogens is 234 g/mol. The van der Waals surface area contributed by atoms with Gasteiger partial charge in [0, 0.05) is 17.8 Å². The molecule has 19 heavy (non-hydrogen) atoms. The minimum Gasteiger partial charge on any atom is -0.493 e. The summed E-state index contributed by atoms with van der Waals surface area (Å²) in [7, 11) is 0. The maximum Gasteiger partial charge on any atom is 0.121 e. The standard InChI is InChI=1S/C17H27NO/c1-13(2)12-19-17-9-5-8-16(11-17)18-15-7-4-6-14(3)10-15/h5,8-9,11,13-15,18H,4,6-7,10,12H2,1-3H3. The summed E-state index contributed by atoms with van der Waals surface area (Å²) in [5, 5.41) is 3.66. The third-order valence-corrected chi connectivity index (χ3v) is 3.72. The maximum atomic E-state index is 5.78. The molecule has 0 saturated heterocycles. The van der Waals surface area contributed by atoms with Crippen molar-refractivity contribution in [2.75, 3.05) is 11.9 Å². The van der Waals surface area contributed by atoms with E-state index in [4.69, 9.17) is 4.74 Å². The van der Waals surface area contributed by atoms with Crippen LogP contribution in [0, 0.1) is 11.8 Å². The number of benzene rings is 1. The van der Waals surface area contributed by atoms with Crippen LogP contribution >= 0.6 is 0 Å². The van der Waals surface area contributed by atoms with Crippen LogP contribution in [0.15, 0.2) is 24.3 Å². The SMILES string of the molecule is CC(C)COc1cccc(NC2CCCC(C)C2)c1. The molecule has 0 bridgehead atoms. The summed E-state index contributed by atoms with van der Waals surface area (Å²) in [4.78, 5) is 0. The van der Waals surface area contributed by atoms with Gasteiger partial charge in [-0.05, 0) is 36.8 Å². The Labute approximate surface area is 117 Å². The van der Waals surface area contributed by atoms with Crippen LogP contribution in [0.25, 0.3) is 0 Å². The largest absolute Gasteiger partial charge is 0.493 e. The van der Waals surface area contributed by atoms with E-state index in [0.29, 0.717) is 12.0 Å². The summed E-state index contributed by atoms with van der Waals surface area (Å²) in [6, 6.07) is 9.01. The Balaban J connectivity index is 1.90. The van der Waals surface area contributed by atoms with Crippen molar-refractivity contribution in [1.29, 1.82) is 0 Å². The zero-order valence-electron chi connectivity index (χ0n) is 12.5. The summed E-state index contributed by atoms with van der Waals surface area (Å²) in [6.45, 7) is 7.48. The van der Waals surface area contributed by atoms with Gasteiger partial charge < -0.3 is 10.1 Å². The van der Waals surface area contributed by atoms with Gasteiger partial charge in [0.25, 0.3) is 0 Å². The van der Waals surface area contributed by atoms with Crippen molar-refractivity contribution in [3.8, 4) is 5.75 Å². The Morgan fingerprint density at radius 1 is 1.32 bits per heavy atom. The van der Waals surface area contributed by atoms with E-state index in [-0.39, 0.29) is 0 Å². The lowest BCUT2D eigenvalue weighted by Crippen LogP contribution is -2.26. The van der Waals surface area contributed by atoms with E-state index in [1.165, 1.54) is 31.4 Å². The maximum absolute atomic E-state index is 5.78. The second-order valence-electron chi connectivity index (χ2n) is 6.35. The predicted octanol–water partition coefficient (Wildman–Crippen LogP) is 4.71. The highest BCUT2D eigenvalue weighted by molar-refractivity contribution is 5.48. The average molecular weight is 261 g/mol. The molecule has 2 unspecified atom stereocenters. The second kappa shape index (κ2) is 6.83. The van der Waals surface area contributed by atoms with Gasteiger partial charge in [0.15, 0.2) is 0 Å². The minimum absolute atomic E-state index is 0.566. The molecule has 1 saturated carbocycles.